The van der Waals surface area contributed by atoms with Crippen LogP contribution in [0.5, 0.6) is 0 Å². The molecule has 1 aromatic carbocycles. The Balaban J connectivity index is 2.31. The first-order chi connectivity index (χ1) is 9.25. The topological polar surface area (TPSA) is 41.6 Å². The van der Waals surface area contributed by atoms with Crippen LogP contribution in [0.2, 0.25) is 0 Å². The van der Waals surface area contributed by atoms with Crippen molar-refractivity contribution in [3.05, 3.63) is 29.6 Å². The van der Waals surface area contributed by atoms with Crippen LogP contribution < -0.4 is 0 Å². The first kappa shape index (κ1) is 12.5. The molecule has 1 heterocycles. The van der Waals surface area contributed by atoms with Crippen LogP contribution in [0.15, 0.2) is 18.2 Å². The summed E-state index contributed by atoms with van der Waals surface area (Å²) in [7, 11) is 0. The van der Waals surface area contributed by atoms with Crippen molar-refractivity contribution in [1.29, 1.82) is 5.26 Å². The molecular weight excluding hydrogens is 258 g/mol. The highest BCUT2D eigenvalue weighted by Crippen LogP contribution is 2.45. The van der Waals surface area contributed by atoms with E-state index in [1.165, 1.54) is 19.3 Å². The van der Waals surface area contributed by atoms with Gasteiger partial charge in [0.2, 0.25) is 0 Å². The number of para-hydroxylation sites is 1. The molecule has 1 fully saturated rings. The first-order valence-corrected chi connectivity index (χ1v) is 7.26. The van der Waals surface area contributed by atoms with Crippen LogP contribution in [0.3, 0.4) is 0 Å². The van der Waals surface area contributed by atoms with Gasteiger partial charge in [0.1, 0.15) is 17.4 Å². The maximum absolute atomic E-state index is 9.21. The second kappa shape index (κ2) is 4.54. The second-order valence-electron chi connectivity index (χ2n) is 5.21. The molecule has 1 aliphatic carbocycles. The van der Waals surface area contributed by atoms with Crippen LogP contribution in [0.4, 0.5) is 0 Å². The highest BCUT2D eigenvalue weighted by Gasteiger charge is 2.39. The van der Waals surface area contributed by atoms with Gasteiger partial charge in [0, 0.05) is 5.54 Å². The highest BCUT2D eigenvalue weighted by molar-refractivity contribution is 6.16. The molecule has 0 bridgehead atoms. The van der Waals surface area contributed by atoms with Crippen molar-refractivity contribution in [3.63, 3.8) is 0 Å². The van der Waals surface area contributed by atoms with E-state index in [0.29, 0.717) is 11.4 Å². The molecule has 2 aromatic rings. The average molecular weight is 274 g/mol. The van der Waals surface area contributed by atoms with Crippen LogP contribution in [0, 0.1) is 11.3 Å². The molecule has 1 aromatic heterocycles. The zero-order valence-electron chi connectivity index (χ0n) is 11.0. The molecule has 0 saturated heterocycles. The average Bonchev–Trinajstić information content (AvgIpc) is 2.77. The Kier molecular flexibility index (Phi) is 2.99. The van der Waals surface area contributed by atoms with Gasteiger partial charge in [0.25, 0.3) is 0 Å². The van der Waals surface area contributed by atoms with Gasteiger partial charge in [-0.2, -0.15) is 5.26 Å². The molecular formula is C15H16ClN3. The van der Waals surface area contributed by atoms with Crippen molar-refractivity contribution in [3.8, 4) is 6.07 Å². The zero-order chi connectivity index (χ0) is 13.5. The number of rotatable bonds is 3. The zero-order valence-corrected chi connectivity index (χ0v) is 11.7. The predicted octanol–water partition coefficient (Wildman–Crippen LogP) is 3.94. The Morgan fingerprint density at radius 3 is 2.79 bits per heavy atom. The van der Waals surface area contributed by atoms with Crippen molar-refractivity contribution in [2.24, 2.45) is 0 Å². The lowest BCUT2D eigenvalue weighted by Crippen LogP contribution is -2.40. The van der Waals surface area contributed by atoms with Crippen LogP contribution in [0.25, 0.3) is 11.0 Å². The molecule has 3 nitrogen and oxygen atoms in total. The van der Waals surface area contributed by atoms with Gasteiger partial charge in [-0.15, -0.1) is 11.6 Å². The standard InChI is InChI=1S/C15H16ClN3/c1-2-15(7-4-8-15)19-12-6-3-5-11(10-17)14(12)18-13(19)9-16/h3,5-6H,2,4,7-9H2,1H3. The predicted molar refractivity (Wildman–Crippen MR) is 76.1 cm³/mol. The van der Waals surface area contributed by atoms with Crippen LogP contribution in [-0.4, -0.2) is 9.55 Å². The lowest BCUT2D eigenvalue weighted by Gasteiger charge is -2.44. The summed E-state index contributed by atoms with van der Waals surface area (Å²) in [4.78, 5) is 4.61. The molecule has 0 N–H and O–H groups in total. The van der Waals surface area contributed by atoms with Gasteiger partial charge >= 0.3 is 0 Å². The third kappa shape index (κ3) is 1.67. The number of nitriles is 1. The van der Waals surface area contributed by atoms with E-state index in [9.17, 15) is 5.26 Å². The number of nitrogens with zero attached hydrogens (tertiary/aromatic N) is 3. The summed E-state index contributed by atoms with van der Waals surface area (Å²) in [5.74, 6) is 1.28. The molecule has 0 spiro atoms. The minimum Gasteiger partial charge on any atom is -0.321 e. The van der Waals surface area contributed by atoms with Crippen LogP contribution in [-0.2, 0) is 11.4 Å². The number of alkyl halides is 1. The van der Waals surface area contributed by atoms with Gasteiger partial charge in [-0.3, -0.25) is 0 Å². The van der Waals surface area contributed by atoms with Crippen molar-refractivity contribution in [1.82, 2.24) is 9.55 Å². The first-order valence-electron chi connectivity index (χ1n) is 6.72. The number of hydrogen-bond acceptors (Lipinski definition) is 2. The van der Waals surface area contributed by atoms with Gasteiger partial charge in [-0.25, -0.2) is 4.98 Å². The minimum atomic E-state index is 0.160. The fraction of sp³-hybridized carbons (Fsp3) is 0.467. The lowest BCUT2D eigenvalue weighted by molar-refractivity contribution is 0.138. The minimum absolute atomic E-state index is 0.160. The smallest absolute Gasteiger partial charge is 0.125 e. The van der Waals surface area contributed by atoms with Crippen molar-refractivity contribution < 1.29 is 0 Å². The summed E-state index contributed by atoms with van der Waals surface area (Å²) in [6.07, 6.45) is 4.69. The van der Waals surface area contributed by atoms with E-state index in [-0.39, 0.29) is 5.54 Å². The van der Waals surface area contributed by atoms with Crippen molar-refractivity contribution in [2.45, 2.75) is 44.0 Å². The number of aromatic nitrogens is 2. The summed E-state index contributed by atoms with van der Waals surface area (Å²) in [5, 5.41) is 9.21. The van der Waals surface area contributed by atoms with Gasteiger partial charge in [-0.05, 0) is 37.8 Å². The molecule has 4 heteroatoms. The molecule has 19 heavy (non-hydrogen) atoms. The quantitative estimate of drug-likeness (QED) is 0.795. The number of fused-ring (bicyclic) bond motifs is 1. The van der Waals surface area contributed by atoms with Gasteiger partial charge < -0.3 is 4.57 Å². The molecule has 0 aliphatic heterocycles. The van der Waals surface area contributed by atoms with Crippen molar-refractivity contribution >= 4 is 22.6 Å². The van der Waals surface area contributed by atoms with Gasteiger partial charge in [0.15, 0.2) is 0 Å². The Morgan fingerprint density at radius 2 is 2.26 bits per heavy atom. The Hall–Kier alpha value is -1.53. The Labute approximate surface area is 117 Å². The maximum atomic E-state index is 9.21. The molecule has 98 valence electrons. The number of halogens is 1. The lowest BCUT2D eigenvalue weighted by atomic mass is 9.74. The second-order valence-corrected chi connectivity index (χ2v) is 5.48. The fourth-order valence-electron chi connectivity index (χ4n) is 3.18. The normalized spacial score (nSPS) is 17.1. The van der Waals surface area contributed by atoms with Crippen LogP contribution in [0.1, 0.15) is 44.0 Å². The van der Waals surface area contributed by atoms with Gasteiger partial charge in [-0.1, -0.05) is 13.0 Å². The monoisotopic (exact) mass is 273 g/mol. The number of imidazole rings is 1. The summed E-state index contributed by atoms with van der Waals surface area (Å²) in [6, 6.07) is 8.02. The molecule has 0 atom stereocenters. The van der Waals surface area contributed by atoms with E-state index in [2.05, 4.69) is 28.6 Å². The molecule has 0 unspecified atom stereocenters. The molecule has 1 aliphatic rings. The number of hydrogen-bond donors (Lipinski definition) is 0. The van der Waals surface area contributed by atoms with E-state index in [4.69, 9.17) is 11.6 Å². The van der Waals surface area contributed by atoms with E-state index < -0.39 is 0 Å². The van der Waals surface area contributed by atoms with Crippen molar-refractivity contribution in [2.75, 3.05) is 0 Å². The number of benzene rings is 1. The molecule has 1 saturated carbocycles. The third-order valence-corrected chi connectivity index (χ3v) is 4.65. The molecule has 0 amide bonds. The van der Waals surface area contributed by atoms with E-state index >= 15 is 0 Å². The fourth-order valence-corrected chi connectivity index (χ4v) is 3.36. The van der Waals surface area contributed by atoms with Gasteiger partial charge in [0.05, 0.1) is 17.0 Å². The summed E-state index contributed by atoms with van der Waals surface area (Å²) in [6.45, 7) is 2.22. The van der Waals surface area contributed by atoms with E-state index in [1.807, 2.05) is 12.1 Å². The summed E-state index contributed by atoms with van der Waals surface area (Å²) in [5.41, 5.74) is 2.64. The van der Waals surface area contributed by atoms with E-state index in [1.54, 1.807) is 0 Å². The molecule has 3 rings (SSSR count). The highest BCUT2D eigenvalue weighted by atomic mass is 35.5. The Bertz CT molecular complexity index is 656. The summed E-state index contributed by atoms with van der Waals surface area (Å²) >= 11 is 6.08. The Morgan fingerprint density at radius 1 is 1.47 bits per heavy atom. The maximum Gasteiger partial charge on any atom is 0.125 e. The van der Waals surface area contributed by atoms with Crippen LogP contribution >= 0.6 is 11.6 Å². The molecule has 0 radical (unpaired) electrons. The third-order valence-electron chi connectivity index (χ3n) is 4.41. The van der Waals surface area contributed by atoms with E-state index in [0.717, 1.165) is 23.3 Å². The SMILES string of the molecule is CCC1(n2c(CCl)nc3c(C#N)cccc32)CCC1. The summed E-state index contributed by atoms with van der Waals surface area (Å²) < 4.78 is 2.29. The largest absolute Gasteiger partial charge is 0.321 e.